The molecule has 2 heterocycles. The Morgan fingerprint density at radius 3 is 2.48 bits per heavy atom. The van der Waals surface area contributed by atoms with Gasteiger partial charge in [0.15, 0.2) is 0 Å². The van der Waals surface area contributed by atoms with Crippen molar-refractivity contribution < 1.29 is 9.59 Å². The second kappa shape index (κ2) is 8.95. The molecular weight excluding hydrogens is 340 g/mol. The number of carbonyl (C=O) groups is 2. The minimum Gasteiger partial charge on any atom is -0.349 e. The fourth-order valence-corrected chi connectivity index (χ4v) is 3.67. The zero-order chi connectivity index (χ0) is 19.2. The fourth-order valence-electron chi connectivity index (χ4n) is 3.67. The molecule has 1 saturated heterocycles. The summed E-state index contributed by atoms with van der Waals surface area (Å²) in [4.78, 5) is 27.4. The third kappa shape index (κ3) is 4.63. The van der Waals surface area contributed by atoms with E-state index in [1.807, 2.05) is 37.3 Å². The molecule has 1 aliphatic rings. The van der Waals surface area contributed by atoms with Gasteiger partial charge in [-0.15, -0.1) is 0 Å². The Kier molecular flexibility index (Phi) is 6.40. The maximum atomic E-state index is 12.7. The second-order valence-electron chi connectivity index (χ2n) is 7.13. The summed E-state index contributed by atoms with van der Waals surface area (Å²) < 4.78 is 1.71. The van der Waals surface area contributed by atoms with E-state index in [-0.39, 0.29) is 0 Å². The Bertz CT molecular complexity index is 792. The number of hydrogen-bond acceptors (Lipinski definition) is 4. The van der Waals surface area contributed by atoms with Crippen molar-refractivity contribution in [3.8, 4) is 5.69 Å². The number of amides is 1. The third-order valence-corrected chi connectivity index (χ3v) is 5.11. The molecular formula is C21H28N4O2. The smallest absolute Gasteiger partial charge is 0.292 e. The largest absolute Gasteiger partial charge is 0.349 e. The molecule has 3 rings (SSSR count). The summed E-state index contributed by atoms with van der Waals surface area (Å²) in [7, 11) is 0. The van der Waals surface area contributed by atoms with Crippen molar-refractivity contribution in [1.82, 2.24) is 20.0 Å². The number of hydrogen-bond donors (Lipinski definition) is 1. The molecule has 2 aromatic rings. The van der Waals surface area contributed by atoms with Crippen LogP contribution < -0.4 is 5.32 Å². The molecule has 1 fully saturated rings. The molecule has 0 aliphatic carbocycles. The van der Waals surface area contributed by atoms with Crippen molar-refractivity contribution in [2.45, 2.75) is 39.5 Å². The first-order chi connectivity index (χ1) is 13.1. The number of para-hydroxylation sites is 1. The van der Waals surface area contributed by atoms with Crippen LogP contribution in [0.4, 0.5) is 0 Å². The van der Waals surface area contributed by atoms with E-state index in [0.717, 1.165) is 31.7 Å². The number of rotatable bonds is 7. The first kappa shape index (κ1) is 19.3. The average molecular weight is 368 g/mol. The molecule has 6 heteroatoms. The van der Waals surface area contributed by atoms with Gasteiger partial charge in [0.25, 0.3) is 11.7 Å². The van der Waals surface area contributed by atoms with Crippen molar-refractivity contribution in [1.29, 1.82) is 0 Å². The van der Waals surface area contributed by atoms with Gasteiger partial charge >= 0.3 is 0 Å². The molecule has 27 heavy (non-hydrogen) atoms. The monoisotopic (exact) mass is 368 g/mol. The van der Waals surface area contributed by atoms with Gasteiger partial charge in [0, 0.05) is 6.54 Å². The lowest BCUT2D eigenvalue weighted by Crippen LogP contribution is -2.35. The van der Waals surface area contributed by atoms with Gasteiger partial charge in [-0.05, 0) is 64.9 Å². The Balaban J connectivity index is 1.58. The van der Waals surface area contributed by atoms with Crippen LogP contribution in [-0.2, 0) is 4.79 Å². The summed E-state index contributed by atoms with van der Waals surface area (Å²) in [5, 5.41) is 7.22. The van der Waals surface area contributed by atoms with Crippen LogP contribution in [0.3, 0.4) is 0 Å². The van der Waals surface area contributed by atoms with Gasteiger partial charge in [0.2, 0.25) is 0 Å². The predicted octanol–water partition coefficient (Wildman–Crippen LogP) is 2.66. The topological polar surface area (TPSA) is 67.2 Å². The molecule has 0 saturated carbocycles. The van der Waals surface area contributed by atoms with Crippen LogP contribution in [0.2, 0.25) is 0 Å². The quantitative estimate of drug-likeness (QED) is 0.463. The summed E-state index contributed by atoms with van der Waals surface area (Å²) in [5.74, 6) is -1.06. The molecule has 0 unspecified atom stereocenters. The standard InChI is InChI=1S/C21H28N4O2/c1-16-19(17(2)25(23-16)18-10-5-3-6-11-18)20(26)21(27)22-12-9-15-24-13-7-4-8-14-24/h3,5-6,10-11H,4,7-9,12-15H2,1-2H3,(H,22,27). The number of piperidine rings is 1. The number of aromatic nitrogens is 2. The van der Waals surface area contributed by atoms with Gasteiger partial charge in [-0.2, -0.15) is 5.10 Å². The van der Waals surface area contributed by atoms with E-state index in [0.29, 0.717) is 23.5 Å². The zero-order valence-corrected chi connectivity index (χ0v) is 16.2. The van der Waals surface area contributed by atoms with E-state index in [1.165, 1.54) is 19.3 Å². The summed E-state index contributed by atoms with van der Waals surface area (Å²) >= 11 is 0. The van der Waals surface area contributed by atoms with Crippen LogP contribution in [-0.4, -0.2) is 52.5 Å². The van der Waals surface area contributed by atoms with Crippen molar-refractivity contribution in [2.75, 3.05) is 26.2 Å². The number of nitrogens with one attached hydrogen (secondary N) is 1. The minimum absolute atomic E-state index is 0.396. The summed E-state index contributed by atoms with van der Waals surface area (Å²) in [5.41, 5.74) is 2.53. The predicted molar refractivity (Wildman–Crippen MR) is 105 cm³/mol. The van der Waals surface area contributed by atoms with Crippen molar-refractivity contribution in [3.63, 3.8) is 0 Å². The SMILES string of the molecule is Cc1nn(-c2ccccc2)c(C)c1C(=O)C(=O)NCCCN1CCCCC1. The first-order valence-electron chi connectivity index (χ1n) is 9.74. The summed E-state index contributed by atoms with van der Waals surface area (Å²) in [6.45, 7) is 7.37. The van der Waals surface area contributed by atoms with Crippen LogP contribution in [0.5, 0.6) is 0 Å². The first-order valence-corrected chi connectivity index (χ1v) is 9.74. The number of ketones is 1. The highest BCUT2D eigenvalue weighted by Crippen LogP contribution is 2.18. The molecule has 1 aliphatic heterocycles. The maximum absolute atomic E-state index is 12.7. The minimum atomic E-state index is -0.549. The number of nitrogens with zero attached hydrogens (tertiary/aromatic N) is 3. The number of benzene rings is 1. The molecule has 0 radical (unpaired) electrons. The molecule has 1 aromatic carbocycles. The Morgan fingerprint density at radius 2 is 1.78 bits per heavy atom. The van der Waals surface area contributed by atoms with Crippen LogP contribution in [0.25, 0.3) is 5.69 Å². The molecule has 0 bridgehead atoms. The van der Waals surface area contributed by atoms with Crippen molar-refractivity contribution in [3.05, 3.63) is 47.3 Å². The van der Waals surface area contributed by atoms with Gasteiger partial charge in [-0.25, -0.2) is 4.68 Å². The lowest BCUT2D eigenvalue weighted by atomic mass is 10.1. The third-order valence-electron chi connectivity index (χ3n) is 5.11. The van der Waals surface area contributed by atoms with E-state index >= 15 is 0 Å². The van der Waals surface area contributed by atoms with E-state index in [2.05, 4.69) is 15.3 Å². The van der Waals surface area contributed by atoms with Crippen molar-refractivity contribution >= 4 is 11.7 Å². The lowest BCUT2D eigenvalue weighted by Gasteiger charge is -2.26. The molecule has 1 amide bonds. The summed E-state index contributed by atoms with van der Waals surface area (Å²) in [6.07, 6.45) is 4.70. The molecule has 6 nitrogen and oxygen atoms in total. The van der Waals surface area contributed by atoms with E-state index in [9.17, 15) is 9.59 Å². The normalized spacial score (nSPS) is 14.9. The second-order valence-corrected chi connectivity index (χ2v) is 7.13. The van der Waals surface area contributed by atoms with Gasteiger partial charge < -0.3 is 10.2 Å². The highest BCUT2D eigenvalue weighted by molar-refractivity contribution is 6.43. The van der Waals surface area contributed by atoms with E-state index in [4.69, 9.17) is 0 Å². The molecule has 0 atom stereocenters. The van der Waals surface area contributed by atoms with Crippen LogP contribution in [0.15, 0.2) is 30.3 Å². The van der Waals surface area contributed by atoms with E-state index < -0.39 is 11.7 Å². The van der Waals surface area contributed by atoms with Gasteiger partial charge in [0.05, 0.1) is 22.6 Å². The van der Waals surface area contributed by atoms with Gasteiger partial charge in [0.1, 0.15) is 0 Å². The van der Waals surface area contributed by atoms with E-state index in [1.54, 1.807) is 11.6 Å². The van der Waals surface area contributed by atoms with Crippen LogP contribution >= 0.6 is 0 Å². The Labute approximate surface area is 160 Å². The molecule has 1 aromatic heterocycles. The lowest BCUT2D eigenvalue weighted by molar-refractivity contribution is -0.117. The highest BCUT2D eigenvalue weighted by atomic mass is 16.2. The van der Waals surface area contributed by atoms with Crippen molar-refractivity contribution in [2.24, 2.45) is 0 Å². The average Bonchev–Trinajstić information content (AvgIpc) is 3.00. The molecule has 144 valence electrons. The zero-order valence-electron chi connectivity index (χ0n) is 16.2. The number of Topliss-reactive ketones (excluding diaryl/α,β-unsaturated/α-hetero) is 1. The number of carbonyl (C=O) groups excluding carboxylic acids is 2. The van der Waals surface area contributed by atoms with Gasteiger partial charge in [-0.1, -0.05) is 24.6 Å². The van der Waals surface area contributed by atoms with Crippen LogP contribution in [0, 0.1) is 13.8 Å². The Morgan fingerprint density at radius 1 is 1.07 bits per heavy atom. The maximum Gasteiger partial charge on any atom is 0.292 e. The van der Waals surface area contributed by atoms with Crippen LogP contribution in [0.1, 0.15) is 47.4 Å². The molecule has 0 spiro atoms. The number of aryl methyl sites for hydroxylation is 1. The summed E-state index contributed by atoms with van der Waals surface area (Å²) in [6, 6.07) is 9.62. The highest BCUT2D eigenvalue weighted by Gasteiger charge is 2.24. The number of likely N-dealkylation sites (tertiary alicyclic amines) is 1. The fraction of sp³-hybridized carbons (Fsp3) is 0.476. The molecule has 1 N–H and O–H groups in total. The Hall–Kier alpha value is -2.47. The van der Waals surface area contributed by atoms with Gasteiger partial charge in [-0.3, -0.25) is 9.59 Å².